The molecule has 2 aromatic rings. The Labute approximate surface area is 74.0 Å². The fraction of sp³-hybridized carbons (Fsp3) is 0. The van der Waals surface area contributed by atoms with E-state index in [9.17, 15) is 0 Å². The van der Waals surface area contributed by atoms with E-state index in [0.717, 1.165) is 16.9 Å². The number of anilines is 1. The number of para-hydroxylation sites is 1. The molecule has 0 spiro atoms. The van der Waals surface area contributed by atoms with Gasteiger partial charge in [0.15, 0.2) is 0 Å². The lowest BCUT2D eigenvalue weighted by Crippen LogP contribution is -1.88. The minimum atomic E-state index is 0.741. The highest BCUT2D eigenvalue weighted by Crippen LogP contribution is 2.23. The molecule has 0 radical (unpaired) electrons. The SMILES string of the molecule is Nc1ccccc1-c1csnn1. The summed E-state index contributed by atoms with van der Waals surface area (Å²) < 4.78 is 3.78. The van der Waals surface area contributed by atoms with Crippen LogP contribution in [0.5, 0.6) is 0 Å². The van der Waals surface area contributed by atoms with Crippen LogP contribution in [-0.2, 0) is 0 Å². The van der Waals surface area contributed by atoms with Gasteiger partial charge in [-0.3, -0.25) is 0 Å². The molecule has 0 fully saturated rings. The first-order valence-corrected chi connectivity index (χ1v) is 4.33. The van der Waals surface area contributed by atoms with Crippen LogP contribution in [0.3, 0.4) is 0 Å². The van der Waals surface area contributed by atoms with Crippen LogP contribution in [0.2, 0.25) is 0 Å². The van der Waals surface area contributed by atoms with E-state index in [0.29, 0.717) is 0 Å². The zero-order valence-corrected chi connectivity index (χ0v) is 7.08. The lowest BCUT2D eigenvalue weighted by atomic mass is 10.1. The minimum absolute atomic E-state index is 0.741. The van der Waals surface area contributed by atoms with Gasteiger partial charge in [0.1, 0.15) is 5.69 Å². The van der Waals surface area contributed by atoms with Crippen LogP contribution in [0.1, 0.15) is 0 Å². The normalized spacial score (nSPS) is 10.0. The van der Waals surface area contributed by atoms with Gasteiger partial charge in [-0.1, -0.05) is 22.7 Å². The standard InChI is InChI=1S/C8H7N3S/c9-7-4-2-1-3-6(7)8-5-12-11-10-8/h1-5H,9H2. The number of nitrogens with two attached hydrogens (primary N) is 1. The number of nitrogen functional groups attached to an aromatic ring is 1. The van der Waals surface area contributed by atoms with Crippen molar-refractivity contribution < 1.29 is 0 Å². The van der Waals surface area contributed by atoms with Crippen molar-refractivity contribution in [3.8, 4) is 11.3 Å². The molecule has 2 N–H and O–H groups in total. The zero-order chi connectivity index (χ0) is 8.39. The van der Waals surface area contributed by atoms with Crippen LogP contribution in [0.25, 0.3) is 11.3 Å². The van der Waals surface area contributed by atoms with Crippen LogP contribution in [0.15, 0.2) is 29.6 Å². The lowest BCUT2D eigenvalue weighted by molar-refractivity contribution is 1.16. The summed E-state index contributed by atoms with van der Waals surface area (Å²) in [6.45, 7) is 0. The van der Waals surface area contributed by atoms with E-state index in [2.05, 4.69) is 9.59 Å². The average molecular weight is 177 g/mol. The van der Waals surface area contributed by atoms with E-state index < -0.39 is 0 Å². The molecule has 1 aromatic heterocycles. The van der Waals surface area contributed by atoms with E-state index in [-0.39, 0.29) is 0 Å². The van der Waals surface area contributed by atoms with Crippen molar-refractivity contribution in [3.63, 3.8) is 0 Å². The lowest BCUT2D eigenvalue weighted by Gasteiger charge is -1.98. The van der Waals surface area contributed by atoms with Crippen molar-refractivity contribution in [2.75, 3.05) is 5.73 Å². The summed E-state index contributed by atoms with van der Waals surface area (Å²) in [4.78, 5) is 0. The van der Waals surface area contributed by atoms with Gasteiger partial charge in [-0.05, 0) is 17.6 Å². The molecule has 0 amide bonds. The molecular formula is C8H7N3S. The molecule has 12 heavy (non-hydrogen) atoms. The van der Waals surface area contributed by atoms with Crippen LogP contribution in [0, 0.1) is 0 Å². The number of benzene rings is 1. The molecule has 0 aliphatic carbocycles. The summed E-state index contributed by atoms with van der Waals surface area (Å²) in [5.41, 5.74) is 8.29. The van der Waals surface area contributed by atoms with E-state index in [1.54, 1.807) is 0 Å². The number of rotatable bonds is 1. The number of aromatic nitrogens is 2. The molecule has 0 aliphatic rings. The highest BCUT2D eigenvalue weighted by atomic mass is 32.1. The second kappa shape index (κ2) is 2.91. The fourth-order valence-electron chi connectivity index (χ4n) is 1.01. The summed E-state index contributed by atoms with van der Waals surface area (Å²) in [5, 5.41) is 5.82. The first kappa shape index (κ1) is 7.24. The molecule has 1 aromatic carbocycles. The third kappa shape index (κ3) is 1.16. The number of hydrogen-bond acceptors (Lipinski definition) is 4. The van der Waals surface area contributed by atoms with Crippen molar-refractivity contribution in [2.24, 2.45) is 0 Å². The van der Waals surface area contributed by atoms with Gasteiger partial charge in [0, 0.05) is 16.6 Å². The van der Waals surface area contributed by atoms with Gasteiger partial charge in [-0.2, -0.15) is 0 Å². The highest BCUT2D eigenvalue weighted by Gasteiger charge is 2.02. The van der Waals surface area contributed by atoms with Gasteiger partial charge in [-0.25, -0.2) is 0 Å². The molecule has 1 heterocycles. The van der Waals surface area contributed by atoms with Crippen molar-refractivity contribution >= 4 is 17.2 Å². The summed E-state index contributed by atoms with van der Waals surface area (Å²) in [6, 6.07) is 7.63. The molecular weight excluding hydrogens is 170 g/mol. The van der Waals surface area contributed by atoms with Crippen molar-refractivity contribution in [1.29, 1.82) is 0 Å². The van der Waals surface area contributed by atoms with Gasteiger partial charge >= 0.3 is 0 Å². The molecule has 4 heteroatoms. The Bertz CT molecular complexity index is 370. The second-order valence-electron chi connectivity index (χ2n) is 2.38. The highest BCUT2D eigenvalue weighted by molar-refractivity contribution is 7.03. The third-order valence-corrected chi connectivity index (χ3v) is 2.10. The second-order valence-corrected chi connectivity index (χ2v) is 2.99. The maximum atomic E-state index is 5.75. The minimum Gasteiger partial charge on any atom is -0.398 e. The first-order valence-electron chi connectivity index (χ1n) is 3.50. The van der Waals surface area contributed by atoms with E-state index in [4.69, 9.17) is 5.73 Å². The molecule has 0 aliphatic heterocycles. The average Bonchev–Trinajstić information content (AvgIpc) is 2.57. The molecule has 3 nitrogen and oxygen atoms in total. The summed E-state index contributed by atoms with van der Waals surface area (Å²) in [5.74, 6) is 0. The van der Waals surface area contributed by atoms with Gasteiger partial charge < -0.3 is 5.73 Å². The maximum absolute atomic E-state index is 5.75. The Morgan fingerprint density at radius 2 is 2.08 bits per heavy atom. The smallest absolute Gasteiger partial charge is 0.107 e. The Kier molecular flexibility index (Phi) is 1.75. The summed E-state index contributed by atoms with van der Waals surface area (Å²) in [7, 11) is 0. The Morgan fingerprint density at radius 1 is 1.25 bits per heavy atom. The molecule has 60 valence electrons. The summed E-state index contributed by atoms with van der Waals surface area (Å²) in [6.07, 6.45) is 0. The van der Waals surface area contributed by atoms with Crippen LogP contribution in [0.4, 0.5) is 5.69 Å². The molecule has 0 atom stereocenters. The topological polar surface area (TPSA) is 51.8 Å². The number of nitrogens with zero attached hydrogens (tertiary/aromatic N) is 2. The third-order valence-electron chi connectivity index (χ3n) is 1.60. The predicted octanol–water partition coefficient (Wildman–Crippen LogP) is 1.79. The molecule has 0 unspecified atom stereocenters. The molecule has 0 bridgehead atoms. The Morgan fingerprint density at radius 3 is 2.75 bits per heavy atom. The van der Waals surface area contributed by atoms with E-state index in [1.165, 1.54) is 11.5 Å². The van der Waals surface area contributed by atoms with Gasteiger partial charge in [0.05, 0.1) is 0 Å². The van der Waals surface area contributed by atoms with Crippen molar-refractivity contribution in [3.05, 3.63) is 29.6 Å². The van der Waals surface area contributed by atoms with Gasteiger partial charge in [0.25, 0.3) is 0 Å². The Balaban J connectivity index is 2.55. The fourth-order valence-corrected chi connectivity index (χ4v) is 1.47. The molecule has 0 saturated heterocycles. The van der Waals surface area contributed by atoms with Crippen LogP contribution >= 0.6 is 11.5 Å². The Hall–Kier alpha value is -1.42. The zero-order valence-electron chi connectivity index (χ0n) is 6.27. The predicted molar refractivity (Wildman–Crippen MR) is 49.8 cm³/mol. The first-order chi connectivity index (χ1) is 5.88. The van der Waals surface area contributed by atoms with E-state index in [1.807, 2.05) is 29.6 Å². The summed E-state index contributed by atoms with van der Waals surface area (Å²) >= 11 is 1.33. The maximum Gasteiger partial charge on any atom is 0.107 e. The van der Waals surface area contributed by atoms with Crippen molar-refractivity contribution in [1.82, 2.24) is 9.59 Å². The van der Waals surface area contributed by atoms with Gasteiger partial charge in [-0.15, -0.1) is 5.10 Å². The van der Waals surface area contributed by atoms with Crippen LogP contribution in [-0.4, -0.2) is 9.59 Å². The molecule has 2 rings (SSSR count). The van der Waals surface area contributed by atoms with Crippen molar-refractivity contribution in [2.45, 2.75) is 0 Å². The number of hydrogen-bond donors (Lipinski definition) is 1. The van der Waals surface area contributed by atoms with Gasteiger partial charge in [0.2, 0.25) is 0 Å². The monoisotopic (exact) mass is 177 g/mol. The largest absolute Gasteiger partial charge is 0.398 e. The van der Waals surface area contributed by atoms with E-state index >= 15 is 0 Å². The quantitative estimate of drug-likeness (QED) is 0.675. The molecule has 0 saturated carbocycles. The van der Waals surface area contributed by atoms with Crippen LogP contribution < -0.4 is 5.73 Å².